The van der Waals surface area contributed by atoms with Gasteiger partial charge in [0.25, 0.3) is 0 Å². The molecule has 1 heterocycles. The molecule has 0 fully saturated rings. The van der Waals surface area contributed by atoms with E-state index in [1.165, 1.54) is 36.4 Å². The van der Waals surface area contributed by atoms with Crippen molar-refractivity contribution in [2.24, 2.45) is 0 Å². The van der Waals surface area contributed by atoms with E-state index in [0.717, 1.165) is 0 Å². The second kappa shape index (κ2) is 9.44. The largest absolute Gasteiger partial charge is 0.456 e. The molecule has 1 aromatic heterocycles. The number of hydrogen-bond donors (Lipinski definition) is 0. The molecule has 0 saturated heterocycles. The van der Waals surface area contributed by atoms with E-state index in [4.69, 9.17) is 25.0 Å². The Hall–Kier alpha value is -5.66. The molecule has 0 aliphatic carbocycles. The lowest BCUT2D eigenvalue weighted by atomic mass is 9.84. The smallest absolute Gasteiger partial charge is 0.135 e. The molecule has 0 aliphatic heterocycles. The summed E-state index contributed by atoms with van der Waals surface area (Å²) in [6.45, 7) is 0. The maximum atomic E-state index is 9.34. The van der Waals surface area contributed by atoms with E-state index in [2.05, 4.69) is 0 Å². The molecule has 0 saturated carbocycles. The fourth-order valence-corrected chi connectivity index (χ4v) is 5.88. The van der Waals surface area contributed by atoms with Gasteiger partial charge in [0, 0.05) is 10.8 Å². The number of para-hydroxylation sites is 1. The summed E-state index contributed by atoms with van der Waals surface area (Å²) in [7, 11) is 0. The summed E-state index contributed by atoms with van der Waals surface area (Å²) in [6.07, 6.45) is 0. The van der Waals surface area contributed by atoms with Crippen molar-refractivity contribution in [1.29, 1.82) is 0 Å². The van der Waals surface area contributed by atoms with Crippen molar-refractivity contribution in [1.82, 2.24) is 0 Å². The third-order valence-electron chi connectivity index (χ3n) is 7.73. The van der Waals surface area contributed by atoms with Crippen LogP contribution in [0.15, 0.2) is 162 Å². The predicted octanol–water partition coefficient (Wildman–Crippen LogP) is 12.0. The summed E-state index contributed by atoms with van der Waals surface area (Å²) in [4.78, 5) is 0. The van der Waals surface area contributed by atoms with Crippen molar-refractivity contribution in [3.05, 3.63) is 157 Å². The normalized spacial score (nSPS) is 16.9. The van der Waals surface area contributed by atoms with Crippen molar-refractivity contribution < 1.29 is 26.3 Å². The lowest BCUT2D eigenvalue weighted by molar-refractivity contribution is 0.669. The monoisotopic (exact) mass is 562 g/mol. The predicted molar refractivity (Wildman–Crippen MR) is 183 cm³/mol. The summed E-state index contributed by atoms with van der Waals surface area (Å²) in [5, 5.41) is 1.60. The Morgan fingerprint density at radius 1 is 0.419 bits per heavy atom. The second-order valence-electron chi connectivity index (χ2n) is 10.1. The zero-order valence-corrected chi connectivity index (χ0v) is 22.2. The number of fused-ring (bicyclic) bond motifs is 6. The Morgan fingerprint density at radius 3 is 1.86 bits per heavy atom. The highest BCUT2D eigenvalue weighted by molar-refractivity contribution is 6.23. The number of rotatable bonds is 3. The number of benzene rings is 8. The van der Waals surface area contributed by atoms with E-state index in [9.17, 15) is 1.37 Å². The maximum absolute atomic E-state index is 9.34. The molecule has 0 aliphatic rings. The molecule has 1 heteroatoms. The molecule has 9 aromatic rings. The summed E-state index contributed by atoms with van der Waals surface area (Å²) >= 11 is 0. The zero-order chi connectivity index (χ0) is 42.3. The Balaban J connectivity index is 1.41. The van der Waals surface area contributed by atoms with Gasteiger partial charge in [-0.05, 0) is 89.9 Å². The second-order valence-corrected chi connectivity index (χ2v) is 10.1. The summed E-state index contributed by atoms with van der Waals surface area (Å²) in [6, 6.07) is 9.79. The first-order chi connectivity index (χ1) is 27.9. The van der Waals surface area contributed by atoms with Gasteiger partial charge in [-0.1, -0.05) is 133 Å². The molecule has 0 bridgehead atoms. The van der Waals surface area contributed by atoms with Crippen molar-refractivity contribution in [2.45, 2.75) is 0 Å². The average molecular weight is 563 g/mol. The first-order valence-corrected chi connectivity index (χ1v) is 13.4. The van der Waals surface area contributed by atoms with E-state index in [1.54, 1.807) is 24.3 Å². The van der Waals surface area contributed by atoms with Gasteiger partial charge in [0.1, 0.15) is 11.2 Å². The molecule has 0 N–H and O–H groups in total. The minimum atomic E-state index is -0.546. The maximum Gasteiger partial charge on any atom is 0.135 e. The van der Waals surface area contributed by atoms with Crippen LogP contribution in [0.1, 0.15) is 21.9 Å². The molecule has 0 unspecified atom stereocenters. The highest BCUT2D eigenvalue weighted by Crippen LogP contribution is 2.45. The van der Waals surface area contributed by atoms with Gasteiger partial charge >= 0.3 is 0 Å². The highest BCUT2D eigenvalue weighted by atomic mass is 16.3. The minimum absolute atomic E-state index is 0.0231. The van der Waals surface area contributed by atoms with Gasteiger partial charge in [-0.3, -0.25) is 0 Å². The first-order valence-electron chi connectivity index (χ1n) is 21.4. The Morgan fingerprint density at radius 2 is 1.05 bits per heavy atom. The Labute approximate surface area is 271 Å². The van der Waals surface area contributed by atoms with Gasteiger partial charge in [0.05, 0.1) is 21.9 Å². The van der Waals surface area contributed by atoms with Crippen LogP contribution in [0.2, 0.25) is 0 Å². The van der Waals surface area contributed by atoms with Crippen LogP contribution in [0.3, 0.4) is 0 Å². The number of furan rings is 1. The van der Waals surface area contributed by atoms with Crippen LogP contribution < -0.4 is 0 Å². The zero-order valence-electron chi connectivity index (χ0n) is 38.2. The van der Waals surface area contributed by atoms with Crippen LogP contribution in [0.4, 0.5) is 0 Å². The van der Waals surface area contributed by atoms with E-state index < -0.39 is 48.3 Å². The topological polar surface area (TPSA) is 13.1 Å². The van der Waals surface area contributed by atoms with Gasteiger partial charge in [-0.25, -0.2) is 0 Å². The van der Waals surface area contributed by atoms with E-state index in [-0.39, 0.29) is 97.7 Å². The van der Waals surface area contributed by atoms with Gasteiger partial charge in [-0.15, -0.1) is 0 Å². The molecule has 0 spiro atoms. The highest BCUT2D eigenvalue weighted by Gasteiger charge is 2.18. The summed E-state index contributed by atoms with van der Waals surface area (Å²) in [5.41, 5.74) is 1.33. The van der Waals surface area contributed by atoms with Crippen LogP contribution in [-0.4, -0.2) is 0 Å². The lowest BCUT2D eigenvalue weighted by Gasteiger charge is -2.19. The standard InChI is InChI=1S/C42H26O/c1-2-15-31-27(11-1)12-10-21-33(31)42-36-19-5-3-17-34(36)41(35-18-4-6-20-37(35)42)30-14-9-13-28(25-30)29-23-24-40-38(26-29)32-16-7-8-22-39(32)43-40/h1-26H/i1D,2D,3D,4D,5D,6D,7D,8D,10D,11D,12D,16D,22D,23D,24D,26D. The molecular formula is C42H26O. The average Bonchev–Trinajstić information content (AvgIpc) is 3.61. The molecule has 43 heavy (non-hydrogen) atoms. The summed E-state index contributed by atoms with van der Waals surface area (Å²) in [5.74, 6) is 0. The van der Waals surface area contributed by atoms with Crippen molar-refractivity contribution in [2.75, 3.05) is 0 Å². The Kier molecular flexibility index (Phi) is 2.88. The van der Waals surface area contributed by atoms with Crippen LogP contribution in [-0.2, 0) is 0 Å². The Bertz CT molecular complexity index is 3340. The van der Waals surface area contributed by atoms with Crippen LogP contribution >= 0.6 is 0 Å². The van der Waals surface area contributed by atoms with Crippen molar-refractivity contribution in [3.8, 4) is 33.4 Å². The quantitative estimate of drug-likeness (QED) is 0.195. The van der Waals surface area contributed by atoms with Gasteiger partial charge < -0.3 is 4.42 Å². The SMILES string of the molecule is [2H]c1cc2c(-c3cccc(-c4c([2H])c([2H])c5oc6c([2H])c([2H])c([2H])c([2H])c6c5c4[2H])c3)c3cc([2H])c([2H])cc3c(-c3cc([2H])c([2H])c4c([2H])c([2H])c([2H])cc34)c2cc1[2H]. The fraction of sp³-hybridized carbons (Fsp3) is 0. The molecule has 8 aromatic carbocycles. The third kappa shape index (κ3) is 3.72. The first kappa shape index (κ1) is 13.1. The van der Waals surface area contributed by atoms with Crippen LogP contribution in [0.5, 0.6) is 0 Å². The molecule has 1 nitrogen and oxygen atoms in total. The van der Waals surface area contributed by atoms with Gasteiger partial charge in [0.15, 0.2) is 0 Å². The van der Waals surface area contributed by atoms with Gasteiger partial charge in [-0.2, -0.15) is 0 Å². The van der Waals surface area contributed by atoms with Crippen molar-refractivity contribution >= 4 is 54.3 Å². The fourth-order valence-electron chi connectivity index (χ4n) is 5.88. The molecular weight excluding hydrogens is 520 g/mol. The van der Waals surface area contributed by atoms with E-state index >= 15 is 0 Å². The molecule has 0 radical (unpaired) electrons. The van der Waals surface area contributed by atoms with E-state index in [1.807, 2.05) is 0 Å². The number of hydrogen-bond acceptors (Lipinski definition) is 1. The third-order valence-corrected chi connectivity index (χ3v) is 7.73. The van der Waals surface area contributed by atoms with Crippen LogP contribution in [0, 0.1) is 0 Å². The molecule has 0 atom stereocenters. The lowest BCUT2D eigenvalue weighted by Crippen LogP contribution is -1.92. The minimum Gasteiger partial charge on any atom is -0.456 e. The van der Waals surface area contributed by atoms with Crippen molar-refractivity contribution in [3.63, 3.8) is 0 Å². The van der Waals surface area contributed by atoms with Crippen LogP contribution in [0.25, 0.3) is 87.6 Å². The summed E-state index contributed by atoms with van der Waals surface area (Å²) < 4.78 is 144. The molecule has 0 amide bonds. The molecule has 200 valence electrons. The van der Waals surface area contributed by atoms with E-state index in [0.29, 0.717) is 38.2 Å². The van der Waals surface area contributed by atoms with Gasteiger partial charge in [0.2, 0.25) is 0 Å². The molecule has 9 rings (SSSR count).